The van der Waals surface area contributed by atoms with Crippen molar-refractivity contribution in [2.75, 3.05) is 19.4 Å². The van der Waals surface area contributed by atoms with E-state index >= 15 is 0 Å². The van der Waals surface area contributed by atoms with Gasteiger partial charge in [-0.1, -0.05) is 36.4 Å². The van der Waals surface area contributed by atoms with E-state index in [1.54, 1.807) is 18.1 Å². The molecule has 0 unspecified atom stereocenters. The summed E-state index contributed by atoms with van der Waals surface area (Å²) in [4.78, 5) is 14.4. The molecule has 4 nitrogen and oxygen atoms in total. The number of nitrogens with zero attached hydrogens (tertiary/aromatic N) is 1. The van der Waals surface area contributed by atoms with E-state index in [4.69, 9.17) is 10.5 Å². The number of ether oxygens (including phenoxy) is 1. The second-order valence-corrected chi connectivity index (χ2v) is 5.61. The molecular formula is C20H25ClN2O2. The summed E-state index contributed by atoms with van der Waals surface area (Å²) in [5.74, 6) is 0.897. The number of carbonyl (C=O) groups excluding carboxylic acids is 1. The molecule has 2 N–H and O–H groups in total. The fraction of sp³-hybridized carbons (Fsp3) is 0.250. The number of rotatable bonds is 8. The smallest absolute Gasteiger partial charge is 0.223 e. The van der Waals surface area contributed by atoms with Gasteiger partial charge in [0, 0.05) is 25.2 Å². The lowest BCUT2D eigenvalue weighted by Crippen LogP contribution is -2.30. The van der Waals surface area contributed by atoms with E-state index in [-0.39, 0.29) is 18.3 Å². The topological polar surface area (TPSA) is 55.6 Å². The minimum absolute atomic E-state index is 0. The highest BCUT2D eigenvalue weighted by molar-refractivity contribution is 5.85. The Morgan fingerprint density at radius 1 is 1.20 bits per heavy atom. The van der Waals surface area contributed by atoms with Gasteiger partial charge in [0.15, 0.2) is 0 Å². The van der Waals surface area contributed by atoms with Crippen molar-refractivity contribution in [1.29, 1.82) is 0 Å². The summed E-state index contributed by atoms with van der Waals surface area (Å²) in [5, 5.41) is 0. The van der Waals surface area contributed by atoms with Crippen LogP contribution in [0, 0.1) is 0 Å². The fourth-order valence-corrected chi connectivity index (χ4v) is 2.52. The number of para-hydroxylation sites is 1. The Kier molecular flexibility index (Phi) is 8.57. The Morgan fingerprint density at radius 3 is 2.48 bits per heavy atom. The van der Waals surface area contributed by atoms with Crippen molar-refractivity contribution in [1.82, 2.24) is 4.90 Å². The Labute approximate surface area is 155 Å². The third-order valence-electron chi connectivity index (χ3n) is 3.90. The highest BCUT2D eigenvalue weighted by Crippen LogP contribution is 2.16. The molecule has 0 bridgehead atoms. The number of anilines is 1. The second kappa shape index (κ2) is 10.4. The minimum Gasteiger partial charge on any atom is -0.497 e. The van der Waals surface area contributed by atoms with Crippen LogP contribution in [0.15, 0.2) is 61.2 Å². The van der Waals surface area contributed by atoms with Gasteiger partial charge < -0.3 is 15.4 Å². The Balaban J connectivity index is 0.00000312. The SMILES string of the molecule is C=CCN(Cc1ccc(OC)cc1)C(=O)CCc1ccccc1N.Cl. The van der Waals surface area contributed by atoms with E-state index in [9.17, 15) is 4.79 Å². The number of aryl methyl sites for hydroxylation is 1. The molecule has 0 saturated carbocycles. The number of benzene rings is 2. The van der Waals surface area contributed by atoms with Crippen LogP contribution < -0.4 is 10.5 Å². The van der Waals surface area contributed by atoms with Crippen LogP contribution >= 0.6 is 12.4 Å². The molecule has 0 aromatic heterocycles. The molecule has 0 radical (unpaired) electrons. The molecule has 2 aromatic rings. The van der Waals surface area contributed by atoms with E-state index in [1.165, 1.54) is 0 Å². The minimum atomic E-state index is 0. The predicted octanol–water partition coefficient (Wildman–Crippen LogP) is 3.85. The van der Waals surface area contributed by atoms with Gasteiger partial charge in [-0.2, -0.15) is 0 Å². The first-order valence-corrected chi connectivity index (χ1v) is 7.99. The van der Waals surface area contributed by atoms with Crippen LogP contribution in [0.1, 0.15) is 17.5 Å². The van der Waals surface area contributed by atoms with Crippen molar-refractivity contribution in [3.63, 3.8) is 0 Å². The van der Waals surface area contributed by atoms with Crippen molar-refractivity contribution >= 4 is 24.0 Å². The lowest BCUT2D eigenvalue weighted by atomic mass is 10.1. The summed E-state index contributed by atoms with van der Waals surface area (Å²) in [7, 11) is 1.64. The first kappa shape index (κ1) is 20.6. The summed E-state index contributed by atoms with van der Waals surface area (Å²) >= 11 is 0. The van der Waals surface area contributed by atoms with Crippen LogP contribution in [0.3, 0.4) is 0 Å². The van der Waals surface area contributed by atoms with E-state index in [0.29, 0.717) is 25.9 Å². The Morgan fingerprint density at radius 2 is 1.88 bits per heavy atom. The van der Waals surface area contributed by atoms with Crippen molar-refractivity contribution < 1.29 is 9.53 Å². The summed E-state index contributed by atoms with van der Waals surface area (Å²) in [6.07, 6.45) is 2.82. The van der Waals surface area contributed by atoms with Crippen LogP contribution in [-0.2, 0) is 17.8 Å². The van der Waals surface area contributed by atoms with Gasteiger partial charge >= 0.3 is 0 Å². The molecule has 2 aromatic carbocycles. The molecule has 134 valence electrons. The molecule has 0 saturated heterocycles. The molecule has 0 fully saturated rings. The van der Waals surface area contributed by atoms with Gasteiger partial charge in [-0.05, 0) is 35.7 Å². The maximum atomic E-state index is 12.6. The van der Waals surface area contributed by atoms with Crippen molar-refractivity contribution in [3.05, 3.63) is 72.3 Å². The Bertz CT molecular complexity index is 686. The number of nitrogens with two attached hydrogens (primary N) is 1. The Hall–Kier alpha value is -2.46. The number of hydrogen-bond donors (Lipinski definition) is 1. The molecule has 0 aliphatic heterocycles. The van der Waals surface area contributed by atoms with Gasteiger partial charge in [0.05, 0.1) is 7.11 Å². The number of halogens is 1. The van der Waals surface area contributed by atoms with Crippen molar-refractivity contribution in [2.24, 2.45) is 0 Å². The monoisotopic (exact) mass is 360 g/mol. The maximum Gasteiger partial charge on any atom is 0.223 e. The lowest BCUT2D eigenvalue weighted by Gasteiger charge is -2.21. The molecule has 0 spiro atoms. The molecule has 5 heteroatoms. The van der Waals surface area contributed by atoms with Gasteiger partial charge in [-0.3, -0.25) is 4.79 Å². The third kappa shape index (κ3) is 6.16. The first-order valence-electron chi connectivity index (χ1n) is 7.99. The van der Waals surface area contributed by atoms with Crippen LogP contribution in [0.2, 0.25) is 0 Å². The van der Waals surface area contributed by atoms with Crippen LogP contribution in [0.5, 0.6) is 5.75 Å². The zero-order chi connectivity index (χ0) is 17.4. The zero-order valence-corrected chi connectivity index (χ0v) is 15.3. The largest absolute Gasteiger partial charge is 0.497 e. The summed E-state index contributed by atoms with van der Waals surface area (Å²) in [5.41, 5.74) is 8.74. The van der Waals surface area contributed by atoms with Gasteiger partial charge in [-0.25, -0.2) is 0 Å². The number of nitrogen functional groups attached to an aromatic ring is 1. The van der Waals surface area contributed by atoms with Crippen LogP contribution in [0.25, 0.3) is 0 Å². The molecule has 0 atom stereocenters. The van der Waals surface area contributed by atoms with E-state index in [1.807, 2.05) is 48.5 Å². The summed E-state index contributed by atoms with van der Waals surface area (Å²) in [6.45, 7) is 4.83. The van der Waals surface area contributed by atoms with Crippen molar-refractivity contribution in [2.45, 2.75) is 19.4 Å². The molecule has 0 aliphatic rings. The number of methoxy groups -OCH3 is 1. The van der Waals surface area contributed by atoms with Gasteiger partial charge in [0.25, 0.3) is 0 Å². The highest BCUT2D eigenvalue weighted by atomic mass is 35.5. The molecule has 1 amide bonds. The van der Waals surface area contributed by atoms with E-state index < -0.39 is 0 Å². The van der Waals surface area contributed by atoms with Crippen LogP contribution in [0.4, 0.5) is 5.69 Å². The summed E-state index contributed by atoms with van der Waals surface area (Å²) in [6, 6.07) is 15.4. The third-order valence-corrected chi connectivity index (χ3v) is 3.90. The van der Waals surface area contributed by atoms with Gasteiger partial charge in [0.1, 0.15) is 5.75 Å². The molecule has 0 heterocycles. The molecule has 25 heavy (non-hydrogen) atoms. The number of carbonyl (C=O) groups is 1. The van der Waals surface area contributed by atoms with Crippen molar-refractivity contribution in [3.8, 4) is 5.75 Å². The lowest BCUT2D eigenvalue weighted by molar-refractivity contribution is -0.131. The molecule has 0 aliphatic carbocycles. The standard InChI is InChI=1S/C20H24N2O2.ClH/c1-3-14-22(15-16-8-11-18(24-2)12-9-16)20(23)13-10-17-6-4-5-7-19(17)21;/h3-9,11-12H,1,10,13-15,21H2,2H3;1H. The average Bonchev–Trinajstić information content (AvgIpc) is 2.61. The maximum absolute atomic E-state index is 12.6. The van der Waals surface area contributed by atoms with Gasteiger partial charge in [0.2, 0.25) is 5.91 Å². The molecular weight excluding hydrogens is 336 g/mol. The molecule has 2 rings (SSSR count). The zero-order valence-electron chi connectivity index (χ0n) is 14.5. The van der Waals surface area contributed by atoms with Crippen LogP contribution in [-0.4, -0.2) is 24.5 Å². The fourth-order valence-electron chi connectivity index (χ4n) is 2.52. The van der Waals surface area contributed by atoms with E-state index in [0.717, 1.165) is 22.6 Å². The highest BCUT2D eigenvalue weighted by Gasteiger charge is 2.13. The number of amides is 1. The summed E-state index contributed by atoms with van der Waals surface area (Å²) < 4.78 is 5.16. The van der Waals surface area contributed by atoms with Gasteiger partial charge in [-0.15, -0.1) is 19.0 Å². The first-order chi connectivity index (χ1) is 11.6. The average molecular weight is 361 g/mol. The number of hydrogen-bond acceptors (Lipinski definition) is 3. The predicted molar refractivity (Wildman–Crippen MR) is 105 cm³/mol. The quantitative estimate of drug-likeness (QED) is 0.574. The second-order valence-electron chi connectivity index (χ2n) is 5.61. The normalized spacial score (nSPS) is 9.80. The van der Waals surface area contributed by atoms with E-state index in [2.05, 4.69) is 6.58 Å².